The smallest absolute Gasteiger partial charge is 0.178 e. The van der Waals surface area contributed by atoms with Crippen LogP contribution < -0.4 is 0 Å². The molecule has 0 saturated carbocycles. The van der Waals surface area contributed by atoms with Crippen molar-refractivity contribution in [3.8, 4) is 0 Å². The summed E-state index contributed by atoms with van der Waals surface area (Å²) < 4.78 is 23.9. The molecule has 0 heterocycles. The maximum absolute atomic E-state index is 12.0. The molecule has 0 N–H and O–H groups in total. The number of hydrogen-bond acceptors (Lipinski definition) is 2. The molecule has 0 aliphatic rings. The average molecular weight is 226 g/mol. The van der Waals surface area contributed by atoms with Gasteiger partial charge >= 0.3 is 0 Å². The van der Waals surface area contributed by atoms with E-state index >= 15 is 0 Å². The Morgan fingerprint density at radius 3 is 1.93 bits per heavy atom. The van der Waals surface area contributed by atoms with E-state index in [9.17, 15) is 8.42 Å². The summed E-state index contributed by atoms with van der Waals surface area (Å²) in [6, 6.07) is 7.01. The first kappa shape index (κ1) is 12.2. The van der Waals surface area contributed by atoms with Gasteiger partial charge in [0.2, 0.25) is 0 Å². The first-order chi connectivity index (χ1) is 6.71. The molecule has 0 saturated heterocycles. The molecule has 0 bridgehead atoms. The Morgan fingerprint density at radius 2 is 1.53 bits per heavy atom. The van der Waals surface area contributed by atoms with Crippen molar-refractivity contribution in [2.45, 2.75) is 32.6 Å². The molecule has 0 radical (unpaired) electrons. The molecule has 0 spiro atoms. The van der Waals surface area contributed by atoms with Crippen LogP contribution in [0.1, 0.15) is 26.3 Å². The van der Waals surface area contributed by atoms with Gasteiger partial charge < -0.3 is 0 Å². The van der Waals surface area contributed by atoms with Gasteiger partial charge in [-0.05, 0) is 24.5 Å². The monoisotopic (exact) mass is 226 g/mol. The lowest BCUT2D eigenvalue weighted by molar-refractivity contribution is 0.462. The number of hydrogen-bond donors (Lipinski definition) is 0. The normalized spacial score (nSPS) is 12.8. The maximum Gasteiger partial charge on any atom is 0.178 e. The van der Waals surface area contributed by atoms with Gasteiger partial charge in [-0.25, -0.2) is 8.42 Å². The molecule has 84 valence electrons. The van der Waals surface area contributed by atoms with Crippen molar-refractivity contribution < 1.29 is 8.42 Å². The standard InChI is InChI=1S/C12H18O2S/c1-10-5-7-11(8-6-10)15(13,14)9-12(2,3)4/h5-8H,9H2,1-4H3. The van der Waals surface area contributed by atoms with Gasteiger partial charge in [0.1, 0.15) is 0 Å². The molecule has 0 unspecified atom stereocenters. The fraction of sp³-hybridized carbons (Fsp3) is 0.500. The Morgan fingerprint density at radius 1 is 1.07 bits per heavy atom. The number of aryl methyl sites for hydroxylation is 1. The molecule has 1 rings (SSSR count). The third kappa shape index (κ3) is 3.67. The summed E-state index contributed by atoms with van der Waals surface area (Å²) in [5, 5.41) is 0. The summed E-state index contributed by atoms with van der Waals surface area (Å²) in [7, 11) is -3.13. The lowest BCUT2D eigenvalue weighted by Gasteiger charge is -2.17. The molecular formula is C12H18O2S. The zero-order valence-electron chi connectivity index (χ0n) is 9.74. The topological polar surface area (TPSA) is 34.1 Å². The Bertz CT molecular complexity index is 422. The second kappa shape index (κ2) is 3.97. The van der Waals surface area contributed by atoms with Crippen molar-refractivity contribution >= 4 is 9.84 Å². The maximum atomic E-state index is 12.0. The van der Waals surface area contributed by atoms with Crippen molar-refractivity contribution in [3.63, 3.8) is 0 Å². The van der Waals surface area contributed by atoms with Crippen LogP contribution in [-0.4, -0.2) is 14.2 Å². The van der Waals surface area contributed by atoms with Gasteiger partial charge in [0.15, 0.2) is 9.84 Å². The quantitative estimate of drug-likeness (QED) is 0.777. The summed E-state index contributed by atoms with van der Waals surface area (Å²) in [5.74, 6) is 0.184. The molecule has 0 atom stereocenters. The Balaban J connectivity index is 3.02. The van der Waals surface area contributed by atoms with Crippen LogP contribution in [0, 0.1) is 12.3 Å². The van der Waals surface area contributed by atoms with Gasteiger partial charge in [-0.2, -0.15) is 0 Å². The Hall–Kier alpha value is -0.830. The first-order valence-corrected chi connectivity index (χ1v) is 6.65. The highest BCUT2D eigenvalue weighted by molar-refractivity contribution is 7.91. The van der Waals surface area contributed by atoms with E-state index in [2.05, 4.69) is 0 Å². The van der Waals surface area contributed by atoms with Gasteiger partial charge in [-0.3, -0.25) is 0 Å². The second-order valence-corrected chi connectivity index (χ2v) is 7.12. The van der Waals surface area contributed by atoms with Crippen LogP contribution in [0.4, 0.5) is 0 Å². The van der Waals surface area contributed by atoms with E-state index in [1.54, 1.807) is 12.1 Å². The fourth-order valence-corrected chi connectivity index (χ4v) is 3.26. The third-order valence-corrected chi connectivity index (χ3v) is 4.24. The minimum Gasteiger partial charge on any atom is -0.224 e. The predicted octanol–water partition coefficient (Wildman–Crippen LogP) is 2.81. The lowest BCUT2D eigenvalue weighted by Crippen LogP contribution is -2.20. The molecule has 0 aliphatic carbocycles. The highest BCUT2D eigenvalue weighted by Gasteiger charge is 2.23. The third-order valence-electron chi connectivity index (χ3n) is 2.00. The van der Waals surface area contributed by atoms with Gasteiger partial charge in [0.05, 0.1) is 10.6 Å². The minimum atomic E-state index is -3.13. The first-order valence-electron chi connectivity index (χ1n) is 5.00. The number of rotatable bonds is 2. The van der Waals surface area contributed by atoms with E-state index in [4.69, 9.17) is 0 Å². The molecule has 15 heavy (non-hydrogen) atoms. The zero-order chi connectivity index (χ0) is 11.7. The minimum absolute atomic E-state index is 0.184. The van der Waals surface area contributed by atoms with Crippen LogP contribution in [0.2, 0.25) is 0 Å². The molecule has 0 fully saturated rings. The molecule has 1 aromatic carbocycles. The van der Waals surface area contributed by atoms with E-state index in [0.717, 1.165) is 5.56 Å². The summed E-state index contributed by atoms with van der Waals surface area (Å²) in [4.78, 5) is 0.419. The van der Waals surface area contributed by atoms with E-state index in [1.807, 2.05) is 39.8 Å². The van der Waals surface area contributed by atoms with E-state index < -0.39 is 9.84 Å². The highest BCUT2D eigenvalue weighted by atomic mass is 32.2. The van der Waals surface area contributed by atoms with Gasteiger partial charge in [0.25, 0.3) is 0 Å². The van der Waals surface area contributed by atoms with Crippen LogP contribution in [0.25, 0.3) is 0 Å². The second-order valence-electron chi connectivity index (χ2n) is 5.13. The summed E-state index contributed by atoms with van der Waals surface area (Å²) >= 11 is 0. The highest BCUT2D eigenvalue weighted by Crippen LogP contribution is 2.21. The predicted molar refractivity (Wildman–Crippen MR) is 62.7 cm³/mol. The van der Waals surface area contributed by atoms with E-state index in [0.29, 0.717) is 4.90 Å². The van der Waals surface area contributed by atoms with Gasteiger partial charge in [-0.15, -0.1) is 0 Å². The van der Waals surface area contributed by atoms with Crippen molar-refractivity contribution in [2.75, 3.05) is 5.75 Å². The summed E-state index contributed by atoms with van der Waals surface area (Å²) in [5.41, 5.74) is 0.869. The summed E-state index contributed by atoms with van der Waals surface area (Å²) in [6.07, 6.45) is 0. The SMILES string of the molecule is Cc1ccc(S(=O)(=O)CC(C)(C)C)cc1. The molecule has 3 heteroatoms. The fourth-order valence-electron chi connectivity index (χ4n) is 1.40. The molecule has 0 aliphatic heterocycles. The van der Waals surface area contributed by atoms with E-state index in [-0.39, 0.29) is 11.2 Å². The van der Waals surface area contributed by atoms with Crippen molar-refractivity contribution in [3.05, 3.63) is 29.8 Å². The Kier molecular flexibility index (Phi) is 3.24. The molecule has 0 amide bonds. The summed E-state index contributed by atoms with van der Waals surface area (Å²) in [6.45, 7) is 7.73. The number of sulfone groups is 1. The van der Waals surface area contributed by atoms with Crippen LogP contribution >= 0.6 is 0 Å². The zero-order valence-corrected chi connectivity index (χ0v) is 10.6. The van der Waals surface area contributed by atoms with Crippen LogP contribution in [0.5, 0.6) is 0 Å². The van der Waals surface area contributed by atoms with Crippen LogP contribution in [-0.2, 0) is 9.84 Å². The molecule has 0 aromatic heterocycles. The van der Waals surface area contributed by atoms with Crippen molar-refractivity contribution in [1.82, 2.24) is 0 Å². The van der Waals surface area contributed by atoms with E-state index in [1.165, 1.54) is 0 Å². The molecule has 1 aromatic rings. The average Bonchev–Trinajstić information content (AvgIpc) is 2.00. The Labute approximate surface area is 92.2 Å². The molecule has 2 nitrogen and oxygen atoms in total. The van der Waals surface area contributed by atoms with Crippen molar-refractivity contribution in [2.24, 2.45) is 5.41 Å². The lowest BCUT2D eigenvalue weighted by atomic mass is 10.0. The largest absolute Gasteiger partial charge is 0.224 e. The van der Waals surface area contributed by atoms with Gasteiger partial charge in [0, 0.05) is 0 Å². The van der Waals surface area contributed by atoms with Crippen molar-refractivity contribution in [1.29, 1.82) is 0 Å². The number of benzene rings is 1. The van der Waals surface area contributed by atoms with Crippen LogP contribution in [0.15, 0.2) is 29.2 Å². The van der Waals surface area contributed by atoms with Crippen LogP contribution in [0.3, 0.4) is 0 Å². The van der Waals surface area contributed by atoms with Gasteiger partial charge in [-0.1, -0.05) is 38.5 Å². The molecular weight excluding hydrogens is 208 g/mol.